The van der Waals surface area contributed by atoms with Crippen LogP contribution in [0.15, 0.2) is 27.8 Å². The summed E-state index contributed by atoms with van der Waals surface area (Å²) in [5.41, 5.74) is -0.331. The molecule has 212 valence electrons. The zero-order chi connectivity index (χ0) is 29.9. The number of rotatable bonds is 5. The number of aryl methyl sites for hydroxylation is 1. The van der Waals surface area contributed by atoms with Crippen LogP contribution in [0.1, 0.15) is 57.2 Å². The van der Waals surface area contributed by atoms with Crippen LogP contribution in [0.3, 0.4) is 0 Å². The highest BCUT2D eigenvalue weighted by molar-refractivity contribution is 5.75. The van der Waals surface area contributed by atoms with Gasteiger partial charge in [-0.3, -0.25) is 18.5 Å². The van der Waals surface area contributed by atoms with E-state index in [0.29, 0.717) is 24.6 Å². The molecule has 0 radical (unpaired) electrons. The van der Waals surface area contributed by atoms with E-state index in [0.717, 1.165) is 17.4 Å². The molecule has 1 saturated heterocycles. The predicted molar refractivity (Wildman–Crippen MR) is 152 cm³/mol. The van der Waals surface area contributed by atoms with E-state index in [1.165, 1.54) is 10.6 Å². The maximum atomic E-state index is 13.9. The Bertz CT molecular complexity index is 1730. The third-order valence-electron chi connectivity index (χ3n) is 6.64. The van der Waals surface area contributed by atoms with Crippen molar-refractivity contribution >= 4 is 23.2 Å². The quantitative estimate of drug-likeness (QED) is 0.470. The summed E-state index contributed by atoms with van der Waals surface area (Å²) in [6, 6.07) is 8.35. The number of piperidine rings is 1. The molecule has 1 aliphatic heterocycles. The van der Waals surface area contributed by atoms with Crippen molar-refractivity contribution < 1.29 is 9.53 Å². The number of hydrogen-bond donors (Lipinski definition) is 1. The first-order valence-electron chi connectivity index (χ1n) is 13.2. The van der Waals surface area contributed by atoms with Gasteiger partial charge in [0.05, 0.1) is 36.4 Å². The Kier molecular flexibility index (Phi) is 8.21. The van der Waals surface area contributed by atoms with Gasteiger partial charge in [0.15, 0.2) is 11.2 Å². The lowest BCUT2D eigenvalue weighted by molar-refractivity contribution is 0.0499. The van der Waals surface area contributed by atoms with E-state index in [-0.39, 0.29) is 41.4 Å². The van der Waals surface area contributed by atoms with E-state index in [4.69, 9.17) is 9.72 Å². The molecule has 2 aromatic heterocycles. The van der Waals surface area contributed by atoms with Crippen LogP contribution >= 0.6 is 0 Å². The minimum absolute atomic E-state index is 0.128. The van der Waals surface area contributed by atoms with Crippen LogP contribution in [0.2, 0.25) is 0 Å². The number of anilines is 1. The number of fused-ring (bicyclic) bond motifs is 1. The molecule has 3 heterocycles. The number of nitriles is 2. The zero-order valence-electron chi connectivity index (χ0n) is 23.8. The van der Waals surface area contributed by atoms with Gasteiger partial charge in [-0.1, -0.05) is 5.92 Å². The van der Waals surface area contributed by atoms with Crippen molar-refractivity contribution in [2.24, 2.45) is 7.05 Å². The molecule has 0 saturated carbocycles. The number of aromatic nitrogens is 4. The Morgan fingerprint density at radius 2 is 1.83 bits per heavy atom. The lowest BCUT2D eigenvalue weighted by atomic mass is 10.1. The summed E-state index contributed by atoms with van der Waals surface area (Å²) in [7, 11) is 1.54. The molecule has 3 aromatic rings. The number of imidazole rings is 1. The van der Waals surface area contributed by atoms with Crippen molar-refractivity contribution in [2.45, 2.75) is 65.3 Å². The van der Waals surface area contributed by atoms with Gasteiger partial charge in [-0.05, 0) is 64.3 Å². The molecule has 4 rings (SSSR count). The maximum absolute atomic E-state index is 13.9. The number of carbonyl (C=O) groups excluding carboxylic acids is 1. The summed E-state index contributed by atoms with van der Waals surface area (Å²) < 4.78 is 9.51. The fraction of sp³-hybridized carbons (Fsp3) is 0.448. The van der Waals surface area contributed by atoms with Gasteiger partial charge in [0.25, 0.3) is 5.56 Å². The van der Waals surface area contributed by atoms with Gasteiger partial charge < -0.3 is 15.0 Å². The second kappa shape index (κ2) is 11.6. The van der Waals surface area contributed by atoms with E-state index in [1.54, 1.807) is 51.4 Å². The number of hydrogen-bond acceptors (Lipinski definition) is 8. The number of carbonyl (C=O) groups is 1. The highest BCUT2D eigenvalue weighted by Gasteiger charge is 2.29. The molecule has 1 aliphatic rings. The number of alkyl carbamates (subject to hydrolysis) is 1. The van der Waals surface area contributed by atoms with Crippen LogP contribution in [-0.2, 0) is 24.9 Å². The molecule has 1 aromatic carbocycles. The lowest BCUT2D eigenvalue weighted by Crippen LogP contribution is -2.49. The van der Waals surface area contributed by atoms with Gasteiger partial charge in [0, 0.05) is 26.2 Å². The molecule has 0 unspecified atom stereocenters. The Hall–Kier alpha value is -5.02. The normalized spacial score (nSPS) is 15.0. The average Bonchev–Trinajstić information content (AvgIpc) is 3.31. The number of nitrogens with zero attached hydrogens (tertiary/aromatic N) is 7. The summed E-state index contributed by atoms with van der Waals surface area (Å²) in [6.45, 7) is 8.21. The first-order chi connectivity index (χ1) is 19.4. The molecular weight excluding hydrogens is 524 g/mol. The van der Waals surface area contributed by atoms with Gasteiger partial charge in [-0.15, -0.1) is 5.92 Å². The minimum Gasteiger partial charge on any atom is -0.444 e. The summed E-state index contributed by atoms with van der Waals surface area (Å²) in [5.74, 6) is 6.33. The Balaban J connectivity index is 1.78. The SMILES string of the molecule is CC#CCn1c(N2CCC[C@@H](NC(=O)OC(C)(C)C)C2)nc2c1c(=O)n(Cc1cc(C#N)cc(C#N)c1)c(=O)n2C. The third-order valence-corrected chi connectivity index (χ3v) is 6.64. The Labute approximate surface area is 237 Å². The largest absolute Gasteiger partial charge is 0.444 e. The number of ether oxygens (including phenoxy) is 1. The second-order valence-corrected chi connectivity index (χ2v) is 10.9. The van der Waals surface area contributed by atoms with Gasteiger partial charge >= 0.3 is 11.8 Å². The van der Waals surface area contributed by atoms with Crippen LogP contribution in [0.25, 0.3) is 11.2 Å². The monoisotopic (exact) mass is 556 g/mol. The summed E-state index contributed by atoms with van der Waals surface area (Å²) in [5, 5.41) is 21.6. The van der Waals surface area contributed by atoms with E-state index < -0.39 is 22.9 Å². The average molecular weight is 557 g/mol. The van der Waals surface area contributed by atoms with Crippen molar-refractivity contribution in [3.8, 4) is 24.0 Å². The second-order valence-electron chi connectivity index (χ2n) is 10.9. The molecule has 0 aliphatic carbocycles. The van der Waals surface area contributed by atoms with Crippen LogP contribution in [0, 0.1) is 34.5 Å². The molecule has 41 heavy (non-hydrogen) atoms. The summed E-state index contributed by atoms with van der Waals surface area (Å²) in [6.07, 6.45) is 1.02. The smallest absolute Gasteiger partial charge is 0.407 e. The van der Waals surface area contributed by atoms with E-state index in [9.17, 15) is 24.9 Å². The molecule has 1 N–H and O–H groups in total. The minimum atomic E-state index is -0.623. The Morgan fingerprint density at radius 1 is 1.15 bits per heavy atom. The maximum Gasteiger partial charge on any atom is 0.407 e. The molecular formula is C29H32N8O4. The van der Waals surface area contributed by atoms with Crippen LogP contribution in [0.4, 0.5) is 10.7 Å². The molecule has 0 bridgehead atoms. The van der Waals surface area contributed by atoms with E-state index in [2.05, 4.69) is 17.2 Å². The van der Waals surface area contributed by atoms with Crippen LogP contribution < -0.4 is 21.5 Å². The fourth-order valence-electron chi connectivity index (χ4n) is 4.89. The first-order valence-corrected chi connectivity index (χ1v) is 13.2. The Morgan fingerprint density at radius 3 is 2.44 bits per heavy atom. The first kappa shape index (κ1) is 29.0. The lowest BCUT2D eigenvalue weighted by Gasteiger charge is -2.34. The standard InChI is InChI=1S/C29H32N8O4/c1-6-7-11-36-23-24(33-26(36)35-10-8-9-22(18-35)32-27(39)41-29(2,3)4)34(5)28(40)37(25(23)38)17-21-13-19(15-30)12-20(14-21)16-31/h12-14,22H,8-11,17-18H2,1-5H3,(H,32,39)/t22-/m1/s1. The van der Waals surface area contributed by atoms with Crippen LogP contribution in [-0.4, -0.2) is 49.5 Å². The number of amides is 1. The van der Waals surface area contributed by atoms with Crippen molar-refractivity contribution in [2.75, 3.05) is 18.0 Å². The van der Waals surface area contributed by atoms with Crippen molar-refractivity contribution in [1.29, 1.82) is 10.5 Å². The zero-order valence-corrected chi connectivity index (χ0v) is 23.8. The molecule has 1 fully saturated rings. The van der Waals surface area contributed by atoms with E-state index >= 15 is 0 Å². The molecule has 12 heteroatoms. The van der Waals surface area contributed by atoms with Crippen LogP contribution in [0.5, 0.6) is 0 Å². The van der Waals surface area contributed by atoms with Gasteiger partial charge in [0.1, 0.15) is 5.60 Å². The van der Waals surface area contributed by atoms with Gasteiger partial charge in [-0.2, -0.15) is 15.5 Å². The molecule has 1 atom stereocenters. The fourth-order valence-corrected chi connectivity index (χ4v) is 4.89. The topological polar surface area (TPSA) is 151 Å². The molecule has 0 spiro atoms. The van der Waals surface area contributed by atoms with E-state index in [1.807, 2.05) is 17.0 Å². The number of benzene rings is 1. The third kappa shape index (κ3) is 6.26. The highest BCUT2D eigenvalue weighted by atomic mass is 16.6. The van der Waals surface area contributed by atoms with Crippen molar-refractivity contribution in [3.05, 3.63) is 55.7 Å². The van der Waals surface area contributed by atoms with Crippen molar-refractivity contribution in [3.63, 3.8) is 0 Å². The highest BCUT2D eigenvalue weighted by Crippen LogP contribution is 2.24. The van der Waals surface area contributed by atoms with Crippen molar-refractivity contribution in [1.82, 2.24) is 24.0 Å². The predicted octanol–water partition coefficient (Wildman–Crippen LogP) is 2.21. The summed E-state index contributed by atoms with van der Waals surface area (Å²) in [4.78, 5) is 46.3. The molecule has 1 amide bonds. The molecule has 12 nitrogen and oxygen atoms in total. The van der Waals surface area contributed by atoms with Gasteiger partial charge in [-0.25, -0.2) is 9.59 Å². The summed E-state index contributed by atoms with van der Waals surface area (Å²) >= 11 is 0. The van der Waals surface area contributed by atoms with Gasteiger partial charge in [0.2, 0.25) is 5.95 Å². The number of nitrogens with one attached hydrogen (secondary N) is 1.